The van der Waals surface area contributed by atoms with Gasteiger partial charge in [-0.15, -0.1) is 0 Å². The molecule has 1 atom stereocenters. The predicted molar refractivity (Wildman–Crippen MR) is 65.4 cm³/mol. The molecule has 0 aromatic heterocycles. The van der Waals surface area contributed by atoms with E-state index in [0.29, 0.717) is 6.42 Å². The minimum atomic E-state index is -0.954. The molecular formula is C12H17NO5. The molecule has 1 aromatic rings. The number of carboxylic acid groups (broad SMARTS) is 1. The molecule has 0 radical (unpaired) electrons. The SMILES string of the molecule is O=C(O)C1Cc2ccccc2N1.OCC(O)CO. The van der Waals surface area contributed by atoms with Crippen LogP contribution in [0.4, 0.5) is 5.69 Å². The van der Waals surface area contributed by atoms with Crippen LogP contribution in [-0.2, 0) is 11.2 Å². The van der Waals surface area contributed by atoms with Crippen LogP contribution >= 0.6 is 0 Å². The molecule has 0 spiro atoms. The van der Waals surface area contributed by atoms with E-state index in [2.05, 4.69) is 5.32 Å². The van der Waals surface area contributed by atoms with E-state index in [4.69, 9.17) is 20.4 Å². The van der Waals surface area contributed by atoms with Gasteiger partial charge in [-0.05, 0) is 11.6 Å². The molecule has 5 N–H and O–H groups in total. The van der Waals surface area contributed by atoms with Crippen molar-refractivity contribution in [2.24, 2.45) is 0 Å². The van der Waals surface area contributed by atoms with Gasteiger partial charge in [0.1, 0.15) is 12.1 Å². The summed E-state index contributed by atoms with van der Waals surface area (Å²) in [6, 6.07) is 7.23. The summed E-state index contributed by atoms with van der Waals surface area (Å²) < 4.78 is 0. The van der Waals surface area contributed by atoms with E-state index in [-0.39, 0.29) is 13.2 Å². The van der Waals surface area contributed by atoms with Crippen molar-refractivity contribution in [2.75, 3.05) is 18.5 Å². The summed E-state index contributed by atoms with van der Waals surface area (Å²) in [6.07, 6.45) is -0.365. The zero-order valence-corrected chi connectivity index (χ0v) is 9.78. The van der Waals surface area contributed by atoms with Crippen LogP contribution < -0.4 is 5.32 Å². The molecule has 1 aliphatic rings. The number of aliphatic hydroxyl groups excluding tert-OH is 3. The predicted octanol–water partition coefficient (Wildman–Crippen LogP) is -0.560. The van der Waals surface area contributed by atoms with Gasteiger partial charge in [-0.1, -0.05) is 18.2 Å². The van der Waals surface area contributed by atoms with Gasteiger partial charge in [-0.3, -0.25) is 0 Å². The highest BCUT2D eigenvalue weighted by atomic mass is 16.4. The zero-order chi connectivity index (χ0) is 13.5. The lowest BCUT2D eigenvalue weighted by Gasteiger charge is -2.02. The van der Waals surface area contributed by atoms with E-state index >= 15 is 0 Å². The van der Waals surface area contributed by atoms with E-state index < -0.39 is 18.1 Å². The number of aliphatic hydroxyl groups is 3. The van der Waals surface area contributed by atoms with Crippen molar-refractivity contribution in [1.82, 2.24) is 0 Å². The Morgan fingerprint density at radius 3 is 2.39 bits per heavy atom. The van der Waals surface area contributed by atoms with Crippen LogP contribution in [0.5, 0.6) is 0 Å². The number of fused-ring (bicyclic) bond motifs is 1. The second-order valence-corrected chi connectivity index (χ2v) is 3.92. The topological polar surface area (TPSA) is 110 Å². The van der Waals surface area contributed by atoms with Crippen LogP contribution in [0.2, 0.25) is 0 Å². The van der Waals surface area contributed by atoms with Gasteiger partial charge in [0.15, 0.2) is 0 Å². The molecule has 0 saturated carbocycles. The van der Waals surface area contributed by atoms with E-state index in [0.717, 1.165) is 11.3 Å². The third-order valence-corrected chi connectivity index (χ3v) is 2.49. The first kappa shape index (κ1) is 14.4. The maximum atomic E-state index is 10.6. The molecule has 0 aliphatic carbocycles. The molecule has 0 amide bonds. The van der Waals surface area contributed by atoms with Crippen LogP contribution in [0.15, 0.2) is 24.3 Å². The van der Waals surface area contributed by atoms with Crippen molar-refractivity contribution < 1.29 is 25.2 Å². The Bertz CT molecular complexity index is 367. The molecule has 18 heavy (non-hydrogen) atoms. The lowest BCUT2D eigenvalue weighted by molar-refractivity contribution is -0.137. The monoisotopic (exact) mass is 255 g/mol. The number of nitrogens with one attached hydrogen (secondary N) is 1. The minimum absolute atomic E-state index is 0.365. The number of anilines is 1. The van der Waals surface area contributed by atoms with E-state index in [9.17, 15) is 4.79 Å². The average molecular weight is 255 g/mol. The van der Waals surface area contributed by atoms with Gasteiger partial charge in [0.25, 0.3) is 0 Å². The Morgan fingerprint density at radius 1 is 1.33 bits per heavy atom. The summed E-state index contributed by atoms with van der Waals surface area (Å²) in [4.78, 5) is 10.6. The van der Waals surface area contributed by atoms with Gasteiger partial charge in [0.2, 0.25) is 0 Å². The van der Waals surface area contributed by atoms with Gasteiger partial charge >= 0.3 is 5.97 Å². The Kier molecular flexibility index (Phi) is 5.57. The molecule has 0 fully saturated rings. The second-order valence-electron chi connectivity index (χ2n) is 3.92. The van der Waals surface area contributed by atoms with Crippen molar-refractivity contribution in [1.29, 1.82) is 0 Å². The highest BCUT2D eigenvalue weighted by Crippen LogP contribution is 2.24. The maximum absolute atomic E-state index is 10.6. The highest BCUT2D eigenvalue weighted by Gasteiger charge is 2.25. The lowest BCUT2D eigenvalue weighted by atomic mass is 10.1. The van der Waals surface area contributed by atoms with Crippen LogP contribution in [0.25, 0.3) is 0 Å². The van der Waals surface area contributed by atoms with E-state index in [1.807, 2.05) is 24.3 Å². The lowest BCUT2D eigenvalue weighted by Crippen LogP contribution is -2.26. The van der Waals surface area contributed by atoms with Crippen molar-refractivity contribution >= 4 is 11.7 Å². The molecule has 0 saturated heterocycles. The van der Waals surface area contributed by atoms with Gasteiger partial charge in [0.05, 0.1) is 13.2 Å². The van der Waals surface area contributed by atoms with Crippen LogP contribution in [0, 0.1) is 0 Å². The summed E-state index contributed by atoms with van der Waals surface area (Å²) in [7, 11) is 0. The standard InChI is InChI=1S/C9H9NO2.C3H8O3/c11-9(12)8-5-6-3-1-2-4-7(6)10-8;4-1-3(6)2-5/h1-4,8,10H,5H2,(H,11,12);3-6H,1-2H2. The molecule has 1 heterocycles. The fourth-order valence-electron chi connectivity index (χ4n) is 1.50. The highest BCUT2D eigenvalue weighted by molar-refractivity contribution is 5.81. The first-order valence-electron chi connectivity index (χ1n) is 5.55. The molecule has 0 bridgehead atoms. The van der Waals surface area contributed by atoms with Crippen molar-refractivity contribution in [2.45, 2.75) is 18.6 Å². The molecule has 6 heteroatoms. The number of aliphatic carboxylic acids is 1. The summed E-state index contributed by atoms with van der Waals surface area (Å²) in [5, 5.41) is 35.7. The Morgan fingerprint density at radius 2 is 1.94 bits per heavy atom. The van der Waals surface area contributed by atoms with Gasteiger partial charge < -0.3 is 25.7 Å². The molecule has 100 valence electrons. The largest absolute Gasteiger partial charge is 0.480 e. The normalized spacial score (nSPS) is 16.6. The second kappa shape index (κ2) is 6.95. The van der Waals surface area contributed by atoms with Crippen molar-refractivity contribution in [3.05, 3.63) is 29.8 Å². The third kappa shape index (κ3) is 3.99. The minimum Gasteiger partial charge on any atom is -0.480 e. The quantitative estimate of drug-likeness (QED) is 0.495. The van der Waals surface area contributed by atoms with Crippen LogP contribution in [0.1, 0.15) is 5.56 Å². The molecular weight excluding hydrogens is 238 g/mol. The molecule has 6 nitrogen and oxygen atoms in total. The Labute approximate surface area is 105 Å². The smallest absolute Gasteiger partial charge is 0.326 e. The number of hydrogen-bond donors (Lipinski definition) is 5. The van der Waals surface area contributed by atoms with Gasteiger partial charge in [-0.2, -0.15) is 0 Å². The average Bonchev–Trinajstić information content (AvgIpc) is 2.82. The van der Waals surface area contributed by atoms with Crippen molar-refractivity contribution in [3.63, 3.8) is 0 Å². The third-order valence-electron chi connectivity index (χ3n) is 2.49. The summed E-state index contributed by atoms with van der Waals surface area (Å²) >= 11 is 0. The fourth-order valence-corrected chi connectivity index (χ4v) is 1.50. The first-order valence-corrected chi connectivity index (χ1v) is 5.55. The summed E-state index contributed by atoms with van der Waals surface area (Å²) in [6.45, 7) is -0.729. The van der Waals surface area contributed by atoms with E-state index in [1.54, 1.807) is 0 Å². The fraction of sp³-hybridized carbons (Fsp3) is 0.417. The van der Waals surface area contributed by atoms with Crippen molar-refractivity contribution in [3.8, 4) is 0 Å². The van der Waals surface area contributed by atoms with Crippen LogP contribution in [0.3, 0.4) is 0 Å². The molecule has 1 aromatic carbocycles. The summed E-state index contributed by atoms with van der Waals surface area (Å²) in [5.41, 5.74) is 2.04. The molecule has 1 unspecified atom stereocenters. The number of carbonyl (C=O) groups is 1. The Hall–Kier alpha value is -1.63. The Balaban J connectivity index is 0.000000232. The maximum Gasteiger partial charge on any atom is 0.326 e. The number of hydrogen-bond acceptors (Lipinski definition) is 5. The van der Waals surface area contributed by atoms with E-state index in [1.165, 1.54) is 0 Å². The molecule has 1 aliphatic heterocycles. The van der Waals surface area contributed by atoms with Gasteiger partial charge in [-0.25, -0.2) is 4.79 Å². The number of carboxylic acids is 1. The zero-order valence-electron chi connectivity index (χ0n) is 9.78. The number of para-hydroxylation sites is 1. The van der Waals surface area contributed by atoms with Crippen LogP contribution in [-0.4, -0.2) is 51.8 Å². The first-order chi connectivity index (χ1) is 8.58. The molecule has 2 rings (SSSR count). The number of benzene rings is 1. The summed E-state index contributed by atoms with van der Waals surface area (Å²) in [5.74, 6) is -0.786. The number of rotatable bonds is 3. The van der Waals surface area contributed by atoms with Gasteiger partial charge in [0, 0.05) is 12.1 Å².